The summed E-state index contributed by atoms with van der Waals surface area (Å²) in [7, 11) is 0. The molecule has 0 unspecified atom stereocenters. The van der Waals surface area contributed by atoms with E-state index in [1.54, 1.807) is 0 Å². The van der Waals surface area contributed by atoms with Crippen molar-refractivity contribution in [3.8, 4) is 11.3 Å². The summed E-state index contributed by atoms with van der Waals surface area (Å²) in [6, 6.07) is 6.55. The fourth-order valence-electron chi connectivity index (χ4n) is 2.41. The molecule has 0 saturated heterocycles. The van der Waals surface area contributed by atoms with Crippen LogP contribution in [0.15, 0.2) is 23.0 Å². The minimum Gasteiger partial charge on any atom is -0.312 e. The Morgan fingerprint density at radius 2 is 2.06 bits per heavy atom. The number of rotatable bonds is 1. The molecule has 0 saturated carbocycles. The fraction of sp³-hybridized carbons (Fsp3) is 0.308. The van der Waals surface area contributed by atoms with Crippen molar-refractivity contribution in [3.05, 3.63) is 43.9 Å². The molecule has 1 aromatic carbocycles. The quantitative estimate of drug-likeness (QED) is 0.804. The SMILES string of the molecule is Cc1sc(=O)[nH]c1-c1ccc2c(c1)CCC2. The highest BCUT2D eigenvalue weighted by atomic mass is 32.1. The van der Waals surface area contributed by atoms with Crippen LogP contribution in [0.2, 0.25) is 0 Å². The summed E-state index contributed by atoms with van der Waals surface area (Å²) in [4.78, 5) is 15.3. The molecule has 0 spiro atoms. The van der Waals surface area contributed by atoms with Gasteiger partial charge in [-0.1, -0.05) is 23.5 Å². The summed E-state index contributed by atoms with van der Waals surface area (Å²) in [6.45, 7) is 1.99. The van der Waals surface area contributed by atoms with Gasteiger partial charge in [-0.15, -0.1) is 0 Å². The van der Waals surface area contributed by atoms with Crippen molar-refractivity contribution in [3.63, 3.8) is 0 Å². The predicted molar refractivity (Wildman–Crippen MR) is 67.1 cm³/mol. The molecule has 2 aromatic rings. The number of H-pyrrole nitrogens is 1. The second kappa shape index (κ2) is 3.59. The van der Waals surface area contributed by atoms with Crippen LogP contribution in [0.3, 0.4) is 0 Å². The van der Waals surface area contributed by atoms with Gasteiger partial charge in [-0.2, -0.15) is 0 Å². The third kappa shape index (κ3) is 1.52. The number of hydrogen-bond donors (Lipinski definition) is 1. The third-order valence-electron chi connectivity index (χ3n) is 3.21. The zero-order chi connectivity index (χ0) is 11.1. The molecule has 3 rings (SSSR count). The fourth-order valence-corrected chi connectivity index (χ4v) is 3.11. The summed E-state index contributed by atoms with van der Waals surface area (Å²) in [5, 5.41) is 0. The lowest BCUT2D eigenvalue weighted by Gasteiger charge is -2.03. The summed E-state index contributed by atoms with van der Waals surface area (Å²) < 4.78 is 0. The van der Waals surface area contributed by atoms with Gasteiger partial charge in [-0.3, -0.25) is 4.79 Å². The number of fused-ring (bicyclic) bond motifs is 1. The minimum absolute atomic E-state index is 0.0352. The summed E-state index contributed by atoms with van der Waals surface area (Å²) >= 11 is 1.29. The maximum atomic E-state index is 11.3. The van der Waals surface area contributed by atoms with Crippen molar-refractivity contribution in [2.45, 2.75) is 26.2 Å². The number of aromatic amines is 1. The van der Waals surface area contributed by atoms with Crippen LogP contribution >= 0.6 is 11.3 Å². The molecule has 0 amide bonds. The molecule has 0 aliphatic heterocycles. The normalized spacial score (nSPS) is 14.1. The Labute approximate surface area is 98.0 Å². The number of nitrogens with one attached hydrogen (secondary N) is 1. The van der Waals surface area contributed by atoms with Crippen molar-refractivity contribution in [1.29, 1.82) is 0 Å². The van der Waals surface area contributed by atoms with E-state index in [1.807, 2.05) is 6.92 Å². The van der Waals surface area contributed by atoms with Gasteiger partial charge in [0.15, 0.2) is 0 Å². The van der Waals surface area contributed by atoms with Gasteiger partial charge in [-0.25, -0.2) is 0 Å². The number of benzene rings is 1. The minimum atomic E-state index is 0.0352. The highest BCUT2D eigenvalue weighted by Crippen LogP contribution is 2.28. The monoisotopic (exact) mass is 231 g/mol. The highest BCUT2D eigenvalue weighted by Gasteiger charge is 2.13. The topological polar surface area (TPSA) is 32.9 Å². The molecule has 0 fully saturated rings. The van der Waals surface area contributed by atoms with E-state index in [0.717, 1.165) is 16.1 Å². The van der Waals surface area contributed by atoms with Crippen LogP contribution in [0.4, 0.5) is 0 Å². The van der Waals surface area contributed by atoms with E-state index in [9.17, 15) is 4.79 Å². The van der Waals surface area contributed by atoms with Crippen molar-refractivity contribution < 1.29 is 0 Å². The van der Waals surface area contributed by atoms with Gasteiger partial charge in [0.05, 0.1) is 5.69 Å². The molecule has 82 valence electrons. The van der Waals surface area contributed by atoms with Crippen LogP contribution in [0.5, 0.6) is 0 Å². The van der Waals surface area contributed by atoms with Crippen molar-refractivity contribution in [2.75, 3.05) is 0 Å². The molecule has 1 heterocycles. The predicted octanol–water partition coefficient (Wildman–Crippen LogP) is 2.90. The summed E-state index contributed by atoms with van der Waals surface area (Å²) in [5.74, 6) is 0. The Hall–Kier alpha value is -1.35. The first-order valence-electron chi connectivity index (χ1n) is 5.56. The van der Waals surface area contributed by atoms with E-state index in [-0.39, 0.29) is 4.87 Å². The lowest BCUT2D eigenvalue weighted by molar-refractivity contribution is 0.912. The summed E-state index contributed by atoms with van der Waals surface area (Å²) in [5.41, 5.74) is 5.06. The standard InChI is InChI=1S/C13H13NOS/c1-8-12(14-13(15)16-8)11-6-5-9-3-2-4-10(9)7-11/h5-7H,2-4H2,1H3,(H,14,15). The number of thiazole rings is 1. The number of hydrogen-bond acceptors (Lipinski definition) is 2. The van der Waals surface area contributed by atoms with E-state index in [2.05, 4.69) is 23.2 Å². The Morgan fingerprint density at radius 3 is 2.81 bits per heavy atom. The van der Waals surface area contributed by atoms with Crippen molar-refractivity contribution in [2.24, 2.45) is 0 Å². The zero-order valence-corrected chi connectivity index (χ0v) is 9.99. The first-order valence-corrected chi connectivity index (χ1v) is 6.37. The van der Waals surface area contributed by atoms with Crippen molar-refractivity contribution >= 4 is 11.3 Å². The third-order valence-corrected chi connectivity index (χ3v) is 4.01. The average molecular weight is 231 g/mol. The van der Waals surface area contributed by atoms with Gasteiger partial charge in [0.25, 0.3) is 0 Å². The Morgan fingerprint density at radius 1 is 1.25 bits per heavy atom. The van der Waals surface area contributed by atoms with Crippen LogP contribution in [0.25, 0.3) is 11.3 Å². The largest absolute Gasteiger partial charge is 0.312 e. The van der Waals surface area contributed by atoms with Gasteiger partial charge >= 0.3 is 4.87 Å². The Bertz CT molecular complexity index is 594. The first kappa shape index (κ1) is 9.85. The highest BCUT2D eigenvalue weighted by molar-refractivity contribution is 7.09. The van der Waals surface area contributed by atoms with Gasteiger partial charge < -0.3 is 4.98 Å². The second-order valence-electron chi connectivity index (χ2n) is 4.28. The van der Waals surface area contributed by atoms with Crippen molar-refractivity contribution in [1.82, 2.24) is 4.98 Å². The van der Waals surface area contributed by atoms with Gasteiger partial charge in [0, 0.05) is 4.88 Å². The lowest BCUT2D eigenvalue weighted by atomic mass is 10.0. The second-order valence-corrected chi connectivity index (χ2v) is 5.47. The number of aryl methyl sites for hydroxylation is 3. The lowest BCUT2D eigenvalue weighted by Crippen LogP contribution is -1.93. The van der Waals surface area contributed by atoms with Crippen LogP contribution < -0.4 is 4.87 Å². The Balaban J connectivity index is 2.14. The molecule has 2 nitrogen and oxygen atoms in total. The van der Waals surface area contributed by atoms with E-state index >= 15 is 0 Å². The number of aromatic nitrogens is 1. The molecule has 3 heteroatoms. The smallest absolute Gasteiger partial charge is 0.305 e. The van der Waals surface area contributed by atoms with Gasteiger partial charge in [0.2, 0.25) is 0 Å². The van der Waals surface area contributed by atoms with E-state index < -0.39 is 0 Å². The molecule has 16 heavy (non-hydrogen) atoms. The molecular formula is C13H13NOS. The van der Waals surface area contributed by atoms with Crippen LogP contribution in [0.1, 0.15) is 22.4 Å². The molecule has 1 aliphatic carbocycles. The molecule has 0 bridgehead atoms. The van der Waals surface area contributed by atoms with Crippen LogP contribution in [-0.4, -0.2) is 4.98 Å². The molecule has 1 aliphatic rings. The molecular weight excluding hydrogens is 218 g/mol. The van der Waals surface area contributed by atoms with Gasteiger partial charge in [0.1, 0.15) is 0 Å². The van der Waals surface area contributed by atoms with E-state index in [4.69, 9.17) is 0 Å². The molecule has 0 radical (unpaired) electrons. The molecule has 1 N–H and O–H groups in total. The van der Waals surface area contributed by atoms with E-state index in [1.165, 1.54) is 41.7 Å². The van der Waals surface area contributed by atoms with Crippen LogP contribution in [-0.2, 0) is 12.8 Å². The summed E-state index contributed by atoms with van der Waals surface area (Å²) in [6.07, 6.45) is 3.64. The zero-order valence-electron chi connectivity index (χ0n) is 9.17. The maximum Gasteiger partial charge on any atom is 0.305 e. The van der Waals surface area contributed by atoms with Crippen LogP contribution in [0, 0.1) is 6.92 Å². The van der Waals surface area contributed by atoms with Gasteiger partial charge in [-0.05, 0) is 48.9 Å². The molecule has 1 aromatic heterocycles. The first-order chi connectivity index (χ1) is 7.74. The van der Waals surface area contributed by atoms with E-state index in [0.29, 0.717) is 0 Å². The maximum absolute atomic E-state index is 11.3. The Kier molecular flexibility index (Phi) is 2.21. The molecule has 0 atom stereocenters. The average Bonchev–Trinajstić information content (AvgIpc) is 2.83.